The maximum atomic E-state index is 4.81. The van der Waals surface area contributed by atoms with Crippen LogP contribution in [0.4, 0.5) is 0 Å². The summed E-state index contributed by atoms with van der Waals surface area (Å²) in [4.78, 5) is 4.81. The van der Waals surface area contributed by atoms with E-state index in [0.29, 0.717) is 0 Å². The maximum absolute atomic E-state index is 4.81. The topological polar surface area (TPSA) is 17.3 Å². The van der Waals surface area contributed by atoms with Crippen molar-refractivity contribution < 1.29 is 0 Å². The van der Waals surface area contributed by atoms with Crippen LogP contribution < -0.4 is 0 Å². The third-order valence-electron chi connectivity index (χ3n) is 3.23. The van der Waals surface area contributed by atoms with Crippen LogP contribution in [0.5, 0.6) is 0 Å². The van der Waals surface area contributed by atoms with Gasteiger partial charge >= 0.3 is 0 Å². The number of fused-ring (bicyclic) bond motifs is 1. The fourth-order valence-corrected chi connectivity index (χ4v) is 4.17. The zero-order valence-corrected chi connectivity index (χ0v) is 12.8. The smallest absolute Gasteiger partial charge is 0.138 e. The molecule has 21 heavy (non-hydrogen) atoms. The van der Waals surface area contributed by atoms with Gasteiger partial charge in [0.15, 0.2) is 0 Å². The van der Waals surface area contributed by atoms with Crippen molar-refractivity contribution in [1.82, 2.24) is 9.38 Å². The lowest BCUT2D eigenvalue weighted by Crippen LogP contribution is -1.85. The average Bonchev–Trinajstić information content (AvgIpc) is 3.17. The summed E-state index contributed by atoms with van der Waals surface area (Å²) < 4.78 is 3.44. The number of imidazole rings is 1. The highest BCUT2D eigenvalue weighted by atomic mass is 32.2. The first-order chi connectivity index (χ1) is 10.4. The van der Waals surface area contributed by atoms with E-state index in [4.69, 9.17) is 4.98 Å². The van der Waals surface area contributed by atoms with E-state index in [1.54, 1.807) is 23.1 Å². The summed E-state index contributed by atoms with van der Waals surface area (Å²) in [5.41, 5.74) is 3.18. The highest BCUT2D eigenvalue weighted by Crippen LogP contribution is 2.38. The number of hydrogen-bond acceptors (Lipinski definition) is 3. The number of benzene rings is 1. The molecule has 0 aliphatic rings. The van der Waals surface area contributed by atoms with Gasteiger partial charge in [0.1, 0.15) is 16.4 Å². The number of pyridine rings is 1. The van der Waals surface area contributed by atoms with E-state index < -0.39 is 0 Å². The second-order valence-corrected chi connectivity index (χ2v) is 6.83. The van der Waals surface area contributed by atoms with Crippen LogP contribution in [-0.4, -0.2) is 9.38 Å². The number of hydrogen-bond donors (Lipinski definition) is 0. The minimum atomic E-state index is 0.982. The van der Waals surface area contributed by atoms with Gasteiger partial charge in [0.05, 0.1) is 4.21 Å². The molecule has 0 N–H and O–H groups in total. The molecule has 0 spiro atoms. The molecule has 0 bridgehead atoms. The predicted molar refractivity (Wildman–Crippen MR) is 89.1 cm³/mol. The molecule has 102 valence electrons. The van der Waals surface area contributed by atoms with Gasteiger partial charge in [-0.2, -0.15) is 0 Å². The fraction of sp³-hybridized carbons (Fsp3) is 0. The lowest BCUT2D eigenvalue weighted by Gasteiger charge is -2.03. The van der Waals surface area contributed by atoms with E-state index in [2.05, 4.69) is 52.4 Å². The number of rotatable bonds is 3. The first-order valence-corrected chi connectivity index (χ1v) is 8.35. The predicted octanol–water partition coefficient (Wildman–Crippen LogP) is 5.21. The molecule has 3 heterocycles. The Hall–Kier alpha value is -2.04. The van der Waals surface area contributed by atoms with Crippen LogP contribution in [0.1, 0.15) is 0 Å². The molecular formula is C17H12N2S2. The van der Waals surface area contributed by atoms with Gasteiger partial charge in [-0.15, -0.1) is 11.3 Å². The van der Waals surface area contributed by atoms with Gasteiger partial charge in [-0.1, -0.05) is 54.2 Å². The van der Waals surface area contributed by atoms with Crippen LogP contribution in [-0.2, 0) is 0 Å². The Bertz CT molecular complexity index is 864. The lowest BCUT2D eigenvalue weighted by molar-refractivity contribution is 1.05. The molecule has 2 nitrogen and oxygen atoms in total. The zero-order valence-electron chi connectivity index (χ0n) is 11.1. The lowest BCUT2D eigenvalue weighted by atomic mass is 10.2. The van der Waals surface area contributed by atoms with Crippen molar-refractivity contribution in [3.63, 3.8) is 0 Å². The summed E-state index contributed by atoms with van der Waals surface area (Å²) in [5.74, 6) is 0. The Morgan fingerprint density at radius 3 is 2.57 bits per heavy atom. The van der Waals surface area contributed by atoms with Crippen LogP contribution in [0.3, 0.4) is 0 Å². The first kappa shape index (κ1) is 12.7. The van der Waals surface area contributed by atoms with Crippen LogP contribution >= 0.6 is 23.1 Å². The minimum Gasteiger partial charge on any atom is -0.294 e. The van der Waals surface area contributed by atoms with E-state index in [1.165, 1.54) is 9.24 Å². The Balaban J connectivity index is 1.93. The van der Waals surface area contributed by atoms with Crippen molar-refractivity contribution in [1.29, 1.82) is 0 Å². The van der Waals surface area contributed by atoms with Crippen molar-refractivity contribution in [3.8, 4) is 11.3 Å². The molecule has 0 saturated carbocycles. The summed E-state index contributed by atoms with van der Waals surface area (Å²) in [6.07, 6.45) is 2.07. The van der Waals surface area contributed by atoms with E-state index in [0.717, 1.165) is 16.9 Å². The largest absolute Gasteiger partial charge is 0.294 e. The summed E-state index contributed by atoms with van der Waals surface area (Å²) in [6.45, 7) is 0. The van der Waals surface area contributed by atoms with Crippen molar-refractivity contribution >= 4 is 28.7 Å². The van der Waals surface area contributed by atoms with E-state index in [-0.39, 0.29) is 0 Å². The Labute approximate surface area is 131 Å². The van der Waals surface area contributed by atoms with E-state index in [1.807, 2.05) is 24.3 Å². The molecule has 4 aromatic rings. The molecule has 0 saturated heterocycles. The molecule has 0 aliphatic heterocycles. The third-order valence-corrected chi connectivity index (χ3v) is 5.35. The molecule has 1 aromatic carbocycles. The van der Waals surface area contributed by atoms with Crippen molar-refractivity contribution in [2.45, 2.75) is 9.24 Å². The van der Waals surface area contributed by atoms with Gasteiger partial charge in [-0.3, -0.25) is 4.40 Å². The SMILES string of the molecule is c1ccc(-c2nc3ccccn3c2Sc2cccs2)cc1. The minimum absolute atomic E-state index is 0.982. The van der Waals surface area contributed by atoms with Crippen LogP contribution in [0.25, 0.3) is 16.9 Å². The molecule has 0 atom stereocenters. The molecule has 0 unspecified atom stereocenters. The summed E-state index contributed by atoms with van der Waals surface area (Å²) in [6, 6.07) is 20.7. The Kier molecular flexibility index (Phi) is 3.25. The Morgan fingerprint density at radius 1 is 0.905 bits per heavy atom. The highest BCUT2D eigenvalue weighted by Gasteiger charge is 2.15. The van der Waals surface area contributed by atoms with E-state index in [9.17, 15) is 0 Å². The van der Waals surface area contributed by atoms with Crippen molar-refractivity contribution in [3.05, 3.63) is 72.2 Å². The standard InChI is InChI=1S/C17H12N2S2/c1-2-7-13(8-3-1)16-17(21-15-10-6-12-20-15)19-11-5-4-9-14(19)18-16/h1-12H. The van der Waals surface area contributed by atoms with Gasteiger partial charge in [-0.05, 0) is 23.6 Å². The molecule has 4 heteroatoms. The van der Waals surface area contributed by atoms with Gasteiger partial charge in [0, 0.05) is 11.8 Å². The normalized spacial score (nSPS) is 11.0. The third kappa shape index (κ3) is 2.37. The highest BCUT2D eigenvalue weighted by molar-refractivity contribution is 8.01. The molecule has 0 fully saturated rings. The molecular weight excluding hydrogens is 296 g/mol. The molecule has 4 rings (SSSR count). The van der Waals surface area contributed by atoms with Gasteiger partial charge in [-0.25, -0.2) is 4.98 Å². The summed E-state index contributed by atoms with van der Waals surface area (Å²) in [5, 5.41) is 3.27. The average molecular weight is 308 g/mol. The Morgan fingerprint density at radius 2 is 1.76 bits per heavy atom. The van der Waals surface area contributed by atoms with Crippen LogP contribution in [0, 0.1) is 0 Å². The van der Waals surface area contributed by atoms with Gasteiger partial charge in [0.2, 0.25) is 0 Å². The maximum Gasteiger partial charge on any atom is 0.138 e. The van der Waals surface area contributed by atoms with Crippen LogP contribution in [0.15, 0.2) is 81.5 Å². The fourth-order valence-electron chi connectivity index (χ4n) is 2.27. The van der Waals surface area contributed by atoms with Crippen LogP contribution in [0.2, 0.25) is 0 Å². The summed E-state index contributed by atoms with van der Waals surface area (Å²) >= 11 is 3.53. The second kappa shape index (κ2) is 5.39. The number of nitrogens with zero attached hydrogens (tertiary/aromatic N) is 2. The molecule has 0 amide bonds. The van der Waals surface area contributed by atoms with Gasteiger partial charge in [0.25, 0.3) is 0 Å². The molecule has 0 aliphatic carbocycles. The molecule has 3 aromatic heterocycles. The molecule has 0 radical (unpaired) electrons. The van der Waals surface area contributed by atoms with E-state index >= 15 is 0 Å². The number of thiophene rings is 1. The second-order valence-electron chi connectivity index (χ2n) is 4.59. The first-order valence-electron chi connectivity index (χ1n) is 6.66. The van der Waals surface area contributed by atoms with Gasteiger partial charge < -0.3 is 0 Å². The van der Waals surface area contributed by atoms with Crippen molar-refractivity contribution in [2.24, 2.45) is 0 Å². The van der Waals surface area contributed by atoms with Crippen molar-refractivity contribution in [2.75, 3.05) is 0 Å². The number of aromatic nitrogens is 2. The summed E-state index contributed by atoms with van der Waals surface area (Å²) in [7, 11) is 0. The monoisotopic (exact) mass is 308 g/mol. The zero-order chi connectivity index (χ0) is 14.1. The quantitative estimate of drug-likeness (QED) is 0.516.